The molecule has 0 saturated heterocycles. The van der Waals surface area contributed by atoms with Gasteiger partial charge in [-0.2, -0.15) is 10.5 Å². The minimum Gasteiger partial charge on any atom is -0.488 e. The van der Waals surface area contributed by atoms with Gasteiger partial charge in [-0.3, -0.25) is 5.32 Å². The minimum atomic E-state index is -0.868. The molecule has 1 atom stereocenters. The maximum Gasteiger partial charge on any atom is 0.211 e. The van der Waals surface area contributed by atoms with Crippen LogP contribution in [-0.2, 0) is 6.61 Å². The van der Waals surface area contributed by atoms with Crippen LogP contribution < -0.4 is 26.8 Å². The molecular weight excluding hydrogens is 447 g/mol. The van der Waals surface area contributed by atoms with Crippen LogP contribution in [0.2, 0.25) is 5.02 Å². The molecule has 11 heteroatoms. The summed E-state index contributed by atoms with van der Waals surface area (Å²) in [6, 6.07) is 12.1. The molecule has 0 bridgehead atoms. The summed E-state index contributed by atoms with van der Waals surface area (Å²) in [5, 5.41) is 24.3. The van der Waals surface area contributed by atoms with Gasteiger partial charge in [-0.15, -0.1) is 0 Å². The van der Waals surface area contributed by atoms with E-state index in [1.807, 2.05) is 12.1 Å². The second-order valence-electron chi connectivity index (χ2n) is 7.00. The van der Waals surface area contributed by atoms with Crippen LogP contribution in [0.5, 0.6) is 5.75 Å². The second kappa shape index (κ2) is 8.91. The zero-order chi connectivity index (χ0) is 23.5. The van der Waals surface area contributed by atoms with Crippen LogP contribution in [-0.4, -0.2) is 10.9 Å². The summed E-state index contributed by atoms with van der Waals surface area (Å²) in [5.41, 5.74) is 13.8. The zero-order valence-electron chi connectivity index (χ0n) is 16.9. The summed E-state index contributed by atoms with van der Waals surface area (Å²) in [5.74, 6) is -0.102. The van der Waals surface area contributed by atoms with E-state index in [2.05, 4.69) is 20.6 Å². The number of aliphatic imine (C=N–C) groups is 1. The summed E-state index contributed by atoms with van der Waals surface area (Å²) < 4.78 is 20.1. The van der Waals surface area contributed by atoms with E-state index >= 15 is 0 Å². The van der Waals surface area contributed by atoms with Crippen LogP contribution in [0.25, 0.3) is 0 Å². The van der Waals surface area contributed by atoms with E-state index in [-0.39, 0.29) is 41.2 Å². The molecule has 0 radical (unpaired) electrons. The van der Waals surface area contributed by atoms with E-state index in [4.69, 9.17) is 33.1 Å². The average molecular weight is 463 g/mol. The Labute approximate surface area is 193 Å². The Morgan fingerprint density at radius 3 is 2.76 bits per heavy atom. The van der Waals surface area contributed by atoms with Crippen LogP contribution in [0, 0.1) is 28.6 Å². The number of nitrogens with zero attached hydrogens (tertiary/aromatic N) is 4. The predicted molar refractivity (Wildman–Crippen MR) is 122 cm³/mol. The van der Waals surface area contributed by atoms with Gasteiger partial charge in [0.25, 0.3) is 0 Å². The molecule has 0 fully saturated rings. The number of ether oxygens (including phenoxy) is 1. The van der Waals surface area contributed by atoms with Gasteiger partial charge in [-0.25, -0.2) is 14.4 Å². The third-order valence-electron chi connectivity index (χ3n) is 4.91. The lowest BCUT2D eigenvalue weighted by molar-refractivity contribution is 0.300. The molecule has 2 aromatic carbocycles. The van der Waals surface area contributed by atoms with E-state index in [1.165, 1.54) is 18.2 Å². The fourth-order valence-electron chi connectivity index (χ4n) is 3.45. The van der Waals surface area contributed by atoms with Crippen molar-refractivity contribution in [2.45, 2.75) is 12.6 Å². The average Bonchev–Trinajstić information content (AvgIpc) is 2.77. The van der Waals surface area contributed by atoms with Gasteiger partial charge in [0, 0.05) is 22.2 Å². The molecule has 4 rings (SSSR count). The fourth-order valence-corrected chi connectivity index (χ4v) is 3.67. The number of rotatable bonds is 4. The van der Waals surface area contributed by atoms with Gasteiger partial charge in [0.2, 0.25) is 5.96 Å². The maximum absolute atomic E-state index is 14.1. The van der Waals surface area contributed by atoms with Gasteiger partial charge < -0.3 is 21.5 Å². The first-order chi connectivity index (χ1) is 15.9. The Hall–Kier alpha value is -4.54. The molecular formula is C22H16ClFN8O. The lowest BCUT2D eigenvalue weighted by atomic mass is 9.94. The summed E-state index contributed by atoms with van der Waals surface area (Å²) in [6.07, 6.45) is 1.78. The van der Waals surface area contributed by atoms with E-state index < -0.39 is 11.9 Å². The zero-order valence-corrected chi connectivity index (χ0v) is 17.7. The number of nitrogens with two attached hydrogens (primary N) is 2. The fraction of sp³-hybridized carbons (Fsp3) is 0.0909. The Bertz CT molecular complexity index is 1360. The van der Waals surface area contributed by atoms with Crippen molar-refractivity contribution in [2.24, 2.45) is 4.99 Å². The number of nitrogens with one attached hydrogen (secondary N) is 2. The standard InChI is InChI=1S/C22H16ClFN8O/c23-12-3-1-2-11(6-12)9-33-16-7-13(24)4-5-14(16)19-17-18(27)15(8-25)20(28)31-21(17)32-22(30-19)29-10-26/h1-7,19H,9H2,(H6,27,28,29,30,31,32). The van der Waals surface area contributed by atoms with Gasteiger partial charge in [0.05, 0.1) is 5.69 Å². The van der Waals surface area contributed by atoms with Gasteiger partial charge in [-0.05, 0) is 29.8 Å². The molecule has 1 unspecified atom stereocenters. The molecule has 2 heterocycles. The number of benzene rings is 2. The highest BCUT2D eigenvalue weighted by atomic mass is 35.5. The first-order valence-electron chi connectivity index (χ1n) is 9.56. The highest BCUT2D eigenvalue weighted by Gasteiger charge is 2.31. The second-order valence-corrected chi connectivity index (χ2v) is 7.44. The maximum atomic E-state index is 14.1. The molecule has 1 aliphatic heterocycles. The largest absolute Gasteiger partial charge is 0.488 e. The number of guanidine groups is 1. The van der Waals surface area contributed by atoms with Crippen molar-refractivity contribution in [3.8, 4) is 18.0 Å². The third kappa shape index (κ3) is 4.28. The Morgan fingerprint density at radius 2 is 2.03 bits per heavy atom. The van der Waals surface area contributed by atoms with E-state index in [9.17, 15) is 9.65 Å². The van der Waals surface area contributed by atoms with E-state index in [0.29, 0.717) is 16.1 Å². The number of anilines is 3. The number of aromatic nitrogens is 1. The van der Waals surface area contributed by atoms with E-state index in [1.54, 1.807) is 24.4 Å². The normalized spacial score (nSPS) is 14.2. The Kier molecular flexibility index (Phi) is 5.85. The van der Waals surface area contributed by atoms with Crippen LogP contribution in [0.4, 0.5) is 21.7 Å². The number of nitriles is 2. The highest BCUT2D eigenvalue weighted by Crippen LogP contribution is 2.43. The number of pyridine rings is 1. The van der Waals surface area contributed by atoms with Crippen LogP contribution in [0.15, 0.2) is 47.5 Å². The topological polar surface area (TPSA) is 158 Å². The molecule has 0 aliphatic carbocycles. The highest BCUT2D eigenvalue weighted by molar-refractivity contribution is 6.30. The van der Waals surface area contributed by atoms with Crippen molar-refractivity contribution in [3.05, 3.63) is 75.6 Å². The summed E-state index contributed by atoms with van der Waals surface area (Å²) in [7, 11) is 0. The molecule has 9 nitrogen and oxygen atoms in total. The van der Waals surface area contributed by atoms with Gasteiger partial charge in [-0.1, -0.05) is 23.7 Å². The quantitative estimate of drug-likeness (QED) is 0.339. The number of hydrogen-bond acceptors (Lipinski definition) is 9. The predicted octanol–water partition coefficient (Wildman–Crippen LogP) is 3.43. The SMILES string of the molecule is N#CNC1=NC(c2ccc(F)cc2OCc2cccc(Cl)c2)c2c(nc(N)c(C#N)c2N)N1. The van der Waals surface area contributed by atoms with Crippen LogP contribution in [0.1, 0.15) is 28.3 Å². The van der Waals surface area contributed by atoms with Crippen molar-refractivity contribution in [1.29, 1.82) is 10.5 Å². The van der Waals surface area contributed by atoms with Gasteiger partial charge >= 0.3 is 0 Å². The van der Waals surface area contributed by atoms with Crippen molar-refractivity contribution in [2.75, 3.05) is 16.8 Å². The molecule has 6 N–H and O–H groups in total. The molecule has 0 amide bonds. The van der Waals surface area contributed by atoms with Gasteiger partial charge in [0.15, 0.2) is 6.19 Å². The van der Waals surface area contributed by atoms with E-state index in [0.717, 1.165) is 5.56 Å². The number of halogens is 2. The molecule has 164 valence electrons. The molecule has 3 aromatic rings. The van der Waals surface area contributed by atoms with Crippen molar-refractivity contribution in [3.63, 3.8) is 0 Å². The van der Waals surface area contributed by atoms with Crippen molar-refractivity contribution >= 4 is 34.9 Å². The summed E-state index contributed by atoms with van der Waals surface area (Å²) in [4.78, 5) is 8.70. The first kappa shape index (κ1) is 21.7. The monoisotopic (exact) mass is 462 g/mol. The summed E-state index contributed by atoms with van der Waals surface area (Å²) in [6.45, 7) is 0.112. The molecule has 1 aromatic heterocycles. The number of fused-ring (bicyclic) bond motifs is 1. The minimum absolute atomic E-state index is 0.00375. The molecule has 1 aliphatic rings. The lowest BCUT2D eigenvalue weighted by Gasteiger charge is -2.27. The third-order valence-corrected chi connectivity index (χ3v) is 5.15. The lowest BCUT2D eigenvalue weighted by Crippen LogP contribution is -2.33. The van der Waals surface area contributed by atoms with Gasteiger partial charge in [0.1, 0.15) is 47.5 Å². The van der Waals surface area contributed by atoms with Crippen molar-refractivity contribution < 1.29 is 9.13 Å². The smallest absolute Gasteiger partial charge is 0.211 e. The Morgan fingerprint density at radius 1 is 1.21 bits per heavy atom. The van der Waals surface area contributed by atoms with Crippen LogP contribution >= 0.6 is 11.6 Å². The molecule has 33 heavy (non-hydrogen) atoms. The molecule has 0 saturated carbocycles. The molecule has 0 spiro atoms. The van der Waals surface area contributed by atoms with Crippen molar-refractivity contribution in [1.82, 2.24) is 10.3 Å². The first-order valence-corrected chi connectivity index (χ1v) is 9.94. The number of nitrogen functional groups attached to an aromatic ring is 2. The summed E-state index contributed by atoms with van der Waals surface area (Å²) >= 11 is 6.03. The number of hydrogen-bond donors (Lipinski definition) is 4. The Balaban J connectivity index is 1.83. The van der Waals surface area contributed by atoms with Crippen LogP contribution in [0.3, 0.4) is 0 Å².